The van der Waals surface area contributed by atoms with E-state index in [4.69, 9.17) is 4.74 Å². The number of halogens is 3. The molecule has 2 saturated heterocycles. The Morgan fingerprint density at radius 2 is 1.85 bits per heavy atom. The number of amides is 1. The van der Waals surface area contributed by atoms with Gasteiger partial charge in [-0.1, -0.05) is 0 Å². The fourth-order valence-corrected chi connectivity index (χ4v) is 3.84. The lowest BCUT2D eigenvalue weighted by molar-refractivity contribution is -0.141. The van der Waals surface area contributed by atoms with Crippen LogP contribution < -0.4 is 0 Å². The molecule has 0 radical (unpaired) electrons. The number of hydrogen-bond acceptors (Lipinski definition) is 4. The summed E-state index contributed by atoms with van der Waals surface area (Å²) in [5.41, 5.74) is -1.05. The van der Waals surface area contributed by atoms with E-state index in [1.54, 1.807) is 4.90 Å². The molecule has 0 spiro atoms. The smallest absolute Gasteiger partial charge is 0.379 e. The molecule has 2 fully saturated rings. The Bertz CT molecular complexity index is 632. The number of nitrogens with zero attached hydrogens (tertiary/aromatic N) is 4. The van der Waals surface area contributed by atoms with Gasteiger partial charge in [-0.3, -0.25) is 14.4 Å². The van der Waals surface area contributed by atoms with E-state index in [1.165, 1.54) is 7.05 Å². The summed E-state index contributed by atoms with van der Waals surface area (Å²) < 4.78 is 44.8. The number of morpholine rings is 1. The number of likely N-dealkylation sites (tertiary alicyclic amines) is 1. The molecule has 26 heavy (non-hydrogen) atoms. The Kier molecular flexibility index (Phi) is 5.57. The number of alkyl halides is 3. The maximum absolute atomic E-state index is 12.8. The third kappa shape index (κ3) is 4.03. The van der Waals surface area contributed by atoms with Crippen LogP contribution in [0.2, 0.25) is 0 Å². The molecule has 3 rings (SSSR count). The molecule has 0 aliphatic carbocycles. The standard InChI is InChI=1S/C17H25F3N4O2/c1-12(23-7-9-26-10-8-23)13-3-5-24(6-4-13)16(25)14-11-15(17(18,19)20)21-22(14)2/h11-13H,3-10H2,1-2H3/t12-/m1/s1. The highest BCUT2D eigenvalue weighted by molar-refractivity contribution is 5.92. The summed E-state index contributed by atoms with van der Waals surface area (Å²) in [6, 6.07) is 1.26. The molecule has 2 aliphatic rings. The van der Waals surface area contributed by atoms with E-state index in [0.29, 0.717) is 25.0 Å². The van der Waals surface area contributed by atoms with Crippen LogP contribution >= 0.6 is 0 Å². The van der Waals surface area contributed by atoms with Crippen molar-refractivity contribution in [2.24, 2.45) is 13.0 Å². The Morgan fingerprint density at radius 3 is 2.38 bits per heavy atom. The van der Waals surface area contributed by atoms with Gasteiger partial charge in [0.2, 0.25) is 0 Å². The van der Waals surface area contributed by atoms with Crippen molar-refractivity contribution in [3.63, 3.8) is 0 Å². The van der Waals surface area contributed by atoms with Crippen LogP contribution in [-0.4, -0.2) is 70.9 Å². The summed E-state index contributed by atoms with van der Waals surface area (Å²) in [6.07, 6.45) is -2.83. The third-order valence-corrected chi connectivity index (χ3v) is 5.52. The lowest BCUT2D eigenvalue weighted by Crippen LogP contribution is -2.49. The Labute approximate surface area is 150 Å². The van der Waals surface area contributed by atoms with Gasteiger partial charge in [0.15, 0.2) is 5.69 Å². The van der Waals surface area contributed by atoms with Gasteiger partial charge in [-0.05, 0) is 25.7 Å². The summed E-state index contributed by atoms with van der Waals surface area (Å²) in [6.45, 7) is 6.69. The Hall–Kier alpha value is -1.61. The van der Waals surface area contributed by atoms with Gasteiger partial charge in [-0.15, -0.1) is 0 Å². The maximum atomic E-state index is 12.8. The van der Waals surface area contributed by atoms with Crippen LogP contribution in [0.15, 0.2) is 6.07 Å². The van der Waals surface area contributed by atoms with Crippen molar-refractivity contribution in [2.45, 2.75) is 32.0 Å². The first kappa shape index (κ1) is 19.2. The quantitative estimate of drug-likeness (QED) is 0.812. The first-order chi connectivity index (χ1) is 12.3. The Balaban J connectivity index is 1.59. The van der Waals surface area contributed by atoms with E-state index in [0.717, 1.165) is 49.9 Å². The molecule has 9 heteroatoms. The average Bonchev–Trinajstić information content (AvgIpc) is 3.03. The van der Waals surface area contributed by atoms with E-state index in [1.807, 2.05) is 0 Å². The zero-order valence-corrected chi connectivity index (χ0v) is 15.1. The number of hydrogen-bond donors (Lipinski definition) is 0. The van der Waals surface area contributed by atoms with Gasteiger partial charge >= 0.3 is 6.18 Å². The predicted octanol–water partition coefficient (Wildman–Crippen LogP) is 2.01. The molecule has 0 bridgehead atoms. The predicted molar refractivity (Wildman–Crippen MR) is 88.7 cm³/mol. The second-order valence-electron chi connectivity index (χ2n) is 7.05. The van der Waals surface area contributed by atoms with Crippen LogP contribution in [0.3, 0.4) is 0 Å². The number of ether oxygens (including phenoxy) is 1. The zero-order valence-electron chi connectivity index (χ0n) is 15.1. The fraction of sp³-hybridized carbons (Fsp3) is 0.765. The second kappa shape index (κ2) is 7.56. The Morgan fingerprint density at radius 1 is 1.23 bits per heavy atom. The van der Waals surface area contributed by atoms with Crippen LogP contribution in [0.1, 0.15) is 35.9 Å². The second-order valence-corrected chi connectivity index (χ2v) is 7.05. The molecule has 1 atom stereocenters. The molecule has 0 unspecified atom stereocenters. The molecule has 0 N–H and O–H groups in total. The maximum Gasteiger partial charge on any atom is 0.435 e. The lowest BCUT2D eigenvalue weighted by atomic mass is 9.89. The molecule has 1 aromatic heterocycles. The molecule has 146 valence electrons. The highest BCUT2D eigenvalue weighted by atomic mass is 19.4. The minimum absolute atomic E-state index is 0.0167. The molecule has 3 heterocycles. The highest BCUT2D eigenvalue weighted by Crippen LogP contribution is 2.30. The first-order valence-corrected chi connectivity index (χ1v) is 8.99. The van der Waals surface area contributed by atoms with E-state index in [2.05, 4.69) is 16.9 Å². The van der Waals surface area contributed by atoms with E-state index >= 15 is 0 Å². The van der Waals surface area contributed by atoms with Crippen molar-refractivity contribution in [3.05, 3.63) is 17.5 Å². The van der Waals surface area contributed by atoms with Gasteiger partial charge in [-0.2, -0.15) is 18.3 Å². The SMILES string of the molecule is C[C@H](C1CCN(C(=O)c2cc(C(F)(F)F)nn2C)CC1)N1CCOCC1. The summed E-state index contributed by atoms with van der Waals surface area (Å²) >= 11 is 0. The number of piperidine rings is 1. The van der Waals surface area contributed by atoms with Crippen LogP contribution in [0, 0.1) is 5.92 Å². The first-order valence-electron chi connectivity index (χ1n) is 8.99. The van der Waals surface area contributed by atoms with Gasteiger partial charge in [-0.25, -0.2) is 0 Å². The van der Waals surface area contributed by atoms with Crippen molar-refractivity contribution >= 4 is 5.91 Å². The number of carbonyl (C=O) groups is 1. The van der Waals surface area contributed by atoms with Crippen molar-refractivity contribution in [1.82, 2.24) is 19.6 Å². The molecule has 1 amide bonds. The van der Waals surface area contributed by atoms with E-state index in [9.17, 15) is 18.0 Å². The van der Waals surface area contributed by atoms with Crippen LogP contribution in [-0.2, 0) is 18.0 Å². The number of aryl methyl sites for hydroxylation is 1. The van der Waals surface area contributed by atoms with Gasteiger partial charge in [0.25, 0.3) is 5.91 Å². The monoisotopic (exact) mass is 374 g/mol. The topological polar surface area (TPSA) is 50.6 Å². The molecule has 2 aliphatic heterocycles. The third-order valence-electron chi connectivity index (χ3n) is 5.52. The molecular formula is C17H25F3N4O2. The number of aromatic nitrogens is 2. The summed E-state index contributed by atoms with van der Waals surface area (Å²) in [7, 11) is 1.37. The molecular weight excluding hydrogens is 349 g/mol. The highest BCUT2D eigenvalue weighted by Gasteiger charge is 2.37. The summed E-state index contributed by atoms with van der Waals surface area (Å²) in [4.78, 5) is 16.7. The largest absolute Gasteiger partial charge is 0.435 e. The van der Waals surface area contributed by atoms with Gasteiger partial charge in [0.05, 0.1) is 13.2 Å². The molecule has 0 aromatic carbocycles. The lowest BCUT2D eigenvalue weighted by Gasteiger charge is -2.41. The van der Waals surface area contributed by atoms with Crippen molar-refractivity contribution in [2.75, 3.05) is 39.4 Å². The van der Waals surface area contributed by atoms with E-state index in [-0.39, 0.29) is 11.6 Å². The number of rotatable bonds is 3. The van der Waals surface area contributed by atoms with E-state index < -0.39 is 11.9 Å². The van der Waals surface area contributed by atoms with Crippen molar-refractivity contribution < 1.29 is 22.7 Å². The zero-order chi connectivity index (χ0) is 18.9. The number of carbonyl (C=O) groups excluding carboxylic acids is 1. The van der Waals surface area contributed by atoms with Crippen molar-refractivity contribution in [1.29, 1.82) is 0 Å². The van der Waals surface area contributed by atoms with Crippen LogP contribution in [0.5, 0.6) is 0 Å². The molecule has 0 saturated carbocycles. The molecule has 1 aromatic rings. The van der Waals surface area contributed by atoms with Crippen LogP contribution in [0.25, 0.3) is 0 Å². The minimum atomic E-state index is -4.54. The van der Waals surface area contributed by atoms with Gasteiger partial charge in [0, 0.05) is 45.3 Å². The fourth-order valence-electron chi connectivity index (χ4n) is 3.84. The van der Waals surface area contributed by atoms with Gasteiger partial charge in [0.1, 0.15) is 5.69 Å². The van der Waals surface area contributed by atoms with Crippen LogP contribution in [0.4, 0.5) is 13.2 Å². The van der Waals surface area contributed by atoms with Crippen molar-refractivity contribution in [3.8, 4) is 0 Å². The summed E-state index contributed by atoms with van der Waals surface area (Å²) in [5, 5.41) is 3.43. The minimum Gasteiger partial charge on any atom is -0.379 e. The average molecular weight is 374 g/mol. The van der Waals surface area contributed by atoms with Gasteiger partial charge < -0.3 is 9.64 Å². The summed E-state index contributed by atoms with van der Waals surface area (Å²) in [5.74, 6) is 0.0994. The normalized spacial score (nSPS) is 21.8. The molecule has 6 nitrogen and oxygen atoms in total.